The summed E-state index contributed by atoms with van der Waals surface area (Å²) in [4.78, 5) is 12.2. The van der Waals surface area contributed by atoms with Crippen LogP contribution in [-0.4, -0.2) is 17.5 Å². The SMILES string of the molecule is CCC(CC)(CC)NC(=O)C(N)CCc1ccccc1. The Morgan fingerprint density at radius 1 is 1.15 bits per heavy atom. The van der Waals surface area contributed by atoms with Gasteiger partial charge in [0.1, 0.15) is 0 Å². The van der Waals surface area contributed by atoms with Gasteiger partial charge < -0.3 is 11.1 Å². The highest BCUT2D eigenvalue weighted by Gasteiger charge is 2.27. The zero-order chi connectivity index (χ0) is 15.0. The first kappa shape index (κ1) is 16.7. The molecule has 0 fully saturated rings. The summed E-state index contributed by atoms with van der Waals surface area (Å²) in [6.45, 7) is 6.34. The number of benzene rings is 1. The van der Waals surface area contributed by atoms with Crippen LogP contribution in [0.25, 0.3) is 0 Å². The largest absolute Gasteiger partial charge is 0.349 e. The Morgan fingerprint density at radius 3 is 2.20 bits per heavy atom. The maximum absolute atomic E-state index is 12.2. The van der Waals surface area contributed by atoms with Gasteiger partial charge in [0.25, 0.3) is 0 Å². The van der Waals surface area contributed by atoms with Gasteiger partial charge in [-0.2, -0.15) is 0 Å². The van der Waals surface area contributed by atoms with Gasteiger partial charge in [-0.15, -0.1) is 0 Å². The number of hydrogen-bond acceptors (Lipinski definition) is 2. The molecule has 1 atom stereocenters. The highest BCUT2D eigenvalue weighted by atomic mass is 16.2. The fraction of sp³-hybridized carbons (Fsp3) is 0.588. The molecule has 1 amide bonds. The molecular formula is C17H28N2O. The molecule has 0 aliphatic carbocycles. The maximum Gasteiger partial charge on any atom is 0.237 e. The summed E-state index contributed by atoms with van der Waals surface area (Å²) in [6, 6.07) is 9.72. The lowest BCUT2D eigenvalue weighted by molar-refractivity contribution is -0.124. The number of hydrogen-bond donors (Lipinski definition) is 2. The zero-order valence-electron chi connectivity index (χ0n) is 13.0. The Morgan fingerprint density at radius 2 is 1.70 bits per heavy atom. The lowest BCUT2D eigenvalue weighted by atomic mass is 9.89. The Hall–Kier alpha value is -1.35. The third-order valence-electron chi connectivity index (χ3n) is 4.34. The molecule has 1 unspecified atom stereocenters. The minimum atomic E-state index is -0.431. The molecule has 0 heterocycles. The van der Waals surface area contributed by atoms with E-state index in [1.54, 1.807) is 0 Å². The van der Waals surface area contributed by atoms with E-state index < -0.39 is 6.04 Å². The molecule has 1 aromatic carbocycles. The standard InChI is InChI=1S/C17H28N2O/c1-4-17(5-2,6-3)19-16(20)15(18)13-12-14-10-8-7-9-11-14/h7-11,15H,4-6,12-13,18H2,1-3H3,(H,19,20). The number of aryl methyl sites for hydroxylation is 1. The van der Waals surface area contributed by atoms with E-state index in [-0.39, 0.29) is 11.4 Å². The first-order valence-electron chi connectivity index (χ1n) is 7.68. The maximum atomic E-state index is 12.2. The van der Waals surface area contributed by atoms with Crippen LogP contribution in [0.5, 0.6) is 0 Å². The first-order chi connectivity index (χ1) is 9.56. The number of nitrogens with one attached hydrogen (secondary N) is 1. The number of carbonyl (C=O) groups excluding carboxylic acids is 1. The third-order valence-corrected chi connectivity index (χ3v) is 4.34. The molecule has 0 saturated heterocycles. The van der Waals surface area contributed by atoms with E-state index >= 15 is 0 Å². The Kier molecular flexibility index (Phi) is 6.73. The van der Waals surface area contributed by atoms with Gasteiger partial charge in [0.15, 0.2) is 0 Å². The fourth-order valence-electron chi connectivity index (χ4n) is 2.47. The second kappa shape index (κ2) is 8.05. The van der Waals surface area contributed by atoms with Gasteiger partial charge in [-0.25, -0.2) is 0 Å². The molecule has 3 heteroatoms. The molecule has 20 heavy (non-hydrogen) atoms. The molecule has 0 bridgehead atoms. The van der Waals surface area contributed by atoms with E-state index in [0.29, 0.717) is 6.42 Å². The number of rotatable bonds is 8. The van der Waals surface area contributed by atoms with E-state index in [1.165, 1.54) is 5.56 Å². The first-order valence-corrected chi connectivity index (χ1v) is 7.68. The number of carbonyl (C=O) groups is 1. The van der Waals surface area contributed by atoms with Crippen molar-refractivity contribution in [3.63, 3.8) is 0 Å². The van der Waals surface area contributed by atoms with Crippen LogP contribution < -0.4 is 11.1 Å². The van der Waals surface area contributed by atoms with Crippen molar-refractivity contribution in [1.82, 2.24) is 5.32 Å². The predicted molar refractivity (Wildman–Crippen MR) is 84.5 cm³/mol. The van der Waals surface area contributed by atoms with Crippen LogP contribution >= 0.6 is 0 Å². The van der Waals surface area contributed by atoms with Crippen molar-refractivity contribution in [3.8, 4) is 0 Å². The van der Waals surface area contributed by atoms with E-state index in [2.05, 4.69) is 38.2 Å². The highest BCUT2D eigenvalue weighted by Crippen LogP contribution is 2.19. The van der Waals surface area contributed by atoms with Crippen molar-refractivity contribution in [2.24, 2.45) is 5.73 Å². The number of nitrogens with two attached hydrogens (primary N) is 1. The summed E-state index contributed by atoms with van der Waals surface area (Å²) in [6.07, 6.45) is 4.35. The van der Waals surface area contributed by atoms with E-state index in [4.69, 9.17) is 5.73 Å². The van der Waals surface area contributed by atoms with Gasteiger partial charge >= 0.3 is 0 Å². The van der Waals surface area contributed by atoms with Crippen molar-refractivity contribution < 1.29 is 4.79 Å². The Labute approximate surface area is 122 Å². The van der Waals surface area contributed by atoms with Crippen LogP contribution in [0.3, 0.4) is 0 Å². The number of amides is 1. The van der Waals surface area contributed by atoms with Crippen molar-refractivity contribution in [1.29, 1.82) is 0 Å². The Balaban J connectivity index is 2.50. The quantitative estimate of drug-likeness (QED) is 0.767. The summed E-state index contributed by atoms with van der Waals surface area (Å²) in [5, 5.41) is 3.15. The van der Waals surface area contributed by atoms with E-state index in [0.717, 1.165) is 25.7 Å². The lowest BCUT2D eigenvalue weighted by Gasteiger charge is -2.33. The summed E-state index contributed by atoms with van der Waals surface area (Å²) >= 11 is 0. The summed E-state index contributed by atoms with van der Waals surface area (Å²) in [5.41, 5.74) is 7.15. The van der Waals surface area contributed by atoms with Gasteiger partial charge in [-0.1, -0.05) is 51.1 Å². The molecular weight excluding hydrogens is 248 g/mol. The molecule has 3 N–H and O–H groups in total. The van der Waals surface area contributed by atoms with E-state index in [1.807, 2.05) is 18.2 Å². The van der Waals surface area contributed by atoms with Gasteiger partial charge in [-0.05, 0) is 37.7 Å². The molecule has 0 saturated carbocycles. The molecule has 0 aliphatic heterocycles. The summed E-state index contributed by atoms with van der Waals surface area (Å²) in [7, 11) is 0. The van der Waals surface area contributed by atoms with Gasteiger partial charge in [0.2, 0.25) is 5.91 Å². The van der Waals surface area contributed by atoms with Crippen molar-refractivity contribution in [2.45, 2.75) is 64.5 Å². The van der Waals surface area contributed by atoms with Crippen molar-refractivity contribution in [3.05, 3.63) is 35.9 Å². The van der Waals surface area contributed by atoms with Crippen LogP contribution in [0.2, 0.25) is 0 Å². The molecule has 0 aromatic heterocycles. The predicted octanol–water partition coefficient (Wildman–Crippen LogP) is 3.03. The zero-order valence-corrected chi connectivity index (χ0v) is 13.0. The minimum absolute atomic E-state index is 0.0218. The second-order valence-electron chi connectivity index (χ2n) is 5.46. The van der Waals surface area contributed by atoms with Crippen LogP contribution in [-0.2, 0) is 11.2 Å². The Bertz CT molecular complexity index is 390. The van der Waals surface area contributed by atoms with Crippen LogP contribution in [0.1, 0.15) is 52.0 Å². The van der Waals surface area contributed by atoms with Gasteiger partial charge in [0, 0.05) is 5.54 Å². The smallest absolute Gasteiger partial charge is 0.237 e. The van der Waals surface area contributed by atoms with Crippen LogP contribution in [0.15, 0.2) is 30.3 Å². The summed E-state index contributed by atoms with van der Waals surface area (Å²) in [5.74, 6) is -0.0218. The fourth-order valence-corrected chi connectivity index (χ4v) is 2.47. The molecule has 1 aromatic rings. The van der Waals surface area contributed by atoms with Gasteiger partial charge in [-0.3, -0.25) is 4.79 Å². The molecule has 112 valence electrons. The average Bonchev–Trinajstić information content (AvgIpc) is 2.51. The van der Waals surface area contributed by atoms with Crippen molar-refractivity contribution >= 4 is 5.91 Å². The van der Waals surface area contributed by atoms with E-state index in [9.17, 15) is 4.79 Å². The second-order valence-corrected chi connectivity index (χ2v) is 5.46. The lowest BCUT2D eigenvalue weighted by Crippen LogP contribution is -2.53. The molecule has 0 radical (unpaired) electrons. The summed E-state index contributed by atoms with van der Waals surface area (Å²) < 4.78 is 0. The van der Waals surface area contributed by atoms with Gasteiger partial charge in [0.05, 0.1) is 6.04 Å². The minimum Gasteiger partial charge on any atom is -0.349 e. The normalized spacial score (nSPS) is 13.0. The molecule has 0 aliphatic rings. The van der Waals surface area contributed by atoms with Crippen LogP contribution in [0.4, 0.5) is 0 Å². The van der Waals surface area contributed by atoms with Crippen LogP contribution in [0, 0.1) is 0 Å². The monoisotopic (exact) mass is 276 g/mol. The highest BCUT2D eigenvalue weighted by molar-refractivity contribution is 5.82. The molecule has 1 rings (SSSR count). The average molecular weight is 276 g/mol. The topological polar surface area (TPSA) is 55.1 Å². The van der Waals surface area contributed by atoms with Crippen molar-refractivity contribution in [2.75, 3.05) is 0 Å². The molecule has 0 spiro atoms. The molecule has 3 nitrogen and oxygen atoms in total. The third kappa shape index (κ3) is 4.64.